The van der Waals surface area contributed by atoms with Crippen molar-refractivity contribution in [1.82, 2.24) is 0 Å². The number of nitrogens with zero attached hydrogens (tertiary/aromatic N) is 2. The first-order chi connectivity index (χ1) is 8.60. The SMILES string of the molecule is CCC1(CC#N)C(=O)N(C)c2ccc(OC)cc21. The third kappa shape index (κ3) is 1.47. The summed E-state index contributed by atoms with van der Waals surface area (Å²) in [5, 5.41) is 9.03. The molecule has 1 aliphatic rings. The van der Waals surface area contributed by atoms with Crippen LogP contribution in [0.1, 0.15) is 25.3 Å². The molecule has 1 aromatic rings. The van der Waals surface area contributed by atoms with Gasteiger partial charge in [0.2, 0.25) is 5.91 Å². The molecule has 1 atom stereocenters. The summed E-state index contributed by atoms with van der Waals surface area (Å²) in [5.41, 5.74) is 1.06. The van der Waals surface area contributed by atoms with Gasteiger partial charge in [0.05, 0.1) is 25.0 Å². The number of nitriles is 1. The van der Waals surface area contributed by atoms with E-state index in [9.17, 15) is 4.79 Å². The fourth-order valence-corrected chi connectivity index (χ4v) is 2.64. The molecule has 0 spiro atoms. The van der Waals surface area contributed by atoms with Crippen molar-refractivity contribution in [2.75, 3.05) is 19.1 Å². The van der Waals surface area contributed by atoms with E-state index in [1.165, 1.54) is 0 Å². The van der Waals surface area contributed by atoms with E-state index in [0.717, 1.165) is 11.3 Å². The monoisotopic (exact) mass is 244 g/mol. The molecule has 0 radical (unpaired) electrons. The minimum Gasteiger partial charge on any atom is -0.497 e. The molecule has 1 unspecified atom stereocenters. The Kier molecular flexibility index (Phi) is 3.00. The molecule has 2 rings (SSSR count). The highest BCUT2D eigenvalue weighted by Crippen LogP contribution is 2.46. The second kappa shape index (κ2) is 4.34. The summed E-state index contributed by atoms with van der Waals surface area (Å²) in [5.74, 6) is 0.711. The van der Waals surface area contributed by atoms with E-state index in [2.05, 4.69) is 6.07 Å². The lowest BCUT2D eigenvalue weighted by atomic mass is 9.77. The second-order valence-electron chi connectivity index (χ2n) is 4.52. The maximum absolute atomic E-state index is 12.4. The van der Waals surface area contributed by atoms with Crippen LogP contribution < -0.4 is 9.64 Å². The maximum Gasteiger partial charge on any atom is 0.238 e. The van der Waals surface area contributed by atoms with Crippen molar-refractivity contribution in [1.29, 1.82) is 5.26 Å². The third-order valence-corrected chi connectivity index (χ3v) is 3.78. The molecule has 4 nitrogen and oxygen atoms in total. The molecular formula is C14H16N2O2. The Morgan fingerprint density at radius 2 is 2.22 bits per heavy atom. The summed E-state index contributed by atoms with van der Waals surface area (Å²) in [7, 11) is 3.35. The van der Waals surface area contributed by atoms with Gasteiger partial charge in [-0.25, -0.2) is 0 Å². The van der Waals surface area contributed by atoms with E-state index in [1.54, 1.807) is 19.1 Å². The van der Waals surface area contributed by atoms with Crippen LogP contribution in [0, 0.1) is 11.3 Å². The Balaban J connectivity index is 2.65. The number of rotatable bonds is 3. The Morgan fingerprint density at radius 1 is 1.50 bits per heavy atom. The van der Waals surface area contributed by atoms with E-state index in [0.29, 0.717) is 12.2 Å². The Labute approximate surface area is 107 Å². The number of ether oxygens (including phenoxy) is 1. The topological polar surface area (TPSA) is 53.3 Å². The minimum atomic E-state index is -0.715. The van der Waals surface area contributed by atoms with Crippen molar-refractivity contribution in [3.63, 3.8) is 0 Å². The van der Waals surface area contributed by atoms with Gasteiger partial charge in [0, 0.05) is 12.7 Å². The van der Waals surface area contributed by atoms with Gasteiger partial charge in [0.1, 0.15) is 5.75 Å². The van der Waals surface area contributed by atoms with E-state index < -0.39 is 5.41 Å². The summed E-state index contributed by atoms with van der Waals surface area (Å²) < 4.78 is 5.21. The number of benzene rings is 1. The standard InChI is InChI=1S/C14H16N2O2/c1-4-14(7-8-15)11-9-10(18-3)5-6-12(11)16(2)13(14)17/h5-6,9H,4,7H2,1-3H3. The van der Waals surface area contributed by atoms with Crippen LogP contribution in [0.4, 0.5) is 5.69 Å². The molecule has 0 aliphatic carbocycles. The van der Waals surface area contributed by atoms with Gasteiger partial charge < -0.3 is 9.64 Å². The number of methoxy groups -OCH3 is 1. The van der Waals surface area contributed by atoms with Crippen LogP contribution in [0.25, 0.3) is 0 Å². The minimum absolute atomic E-state index is 0.00481. The Hall–Kier alpha value is -2.02. The molecule has 0 saturated heterocycles. The maximum atomic E-state index is 12.4. The van der Waals surface area contributed by atoms with Gasteiger partial charge in [-0.2, -0.15) is 5.26 Å². The number of likely N-dealkylation sites (N-methyl/N-ethyl adjacent to an activating group) is 1. The zero-order chi connectivity index (χ0) is 13.3. The molecule has 0 saturated carbocycles. The number of carbonyl (C=O) groups is 1. The zero-order valence-corrected chi connectivity index (χ0v) is 10.9. The van der Waals surface area contributed by atoms with Crippen LogP contribution in [0.2, 0.25) is 0 Å². The predicted octanol–water partition coefficient (Wildman–Crippen LogP) is 2.23. The van der Waals surface area contributed by atoms with Gasteiger partial charge in [-0.3, -0.25) is 4.79 Å². The molecule has 1 aromatic carbocycles. The number of fused-ring (bicyclic) bond motifs is 1. The van der Waals surface area contributed by atoms with Crippen LogP contribution in [0.5, 0.6) is 5.75 Å². The molecule has 1 aliphatic heterocycles. The average Bonchev–Trinajstić information content (AvgIpc) is 2.61. The molecular weight excluding hydrogens is 228 g/mol. The molecule has 0 aromatic heterocycles. The third-order valence-electron chi connectivity index (χ3n) is 3.78. The van der Waals surface area contributed by atoms with Gasteiger partial charge in [0.25, 0.3) is 0 Å². The van der Waals surface area contributed by atoms with Crippen LogP contribution in [0.15, 0.2) is 18.2 Å². The van der Waals surface area contributed by atoms with Crippen molar-refractivity contribution in [2.45, 2.75) is 25.2 Å². The lowest BCUT2D eigenvalue weighted by Crippen LogP contribution is -2.37. The number of anilines is 1. The summed E-state index contributed by atoms with van der Waals surface area (Å²) in [6.07, 6.45) is 0.816. The number of hydrogen-bond acceptors (Lipinski definition) is 3. The highest BCUT2D eigenvalue weighted by Gasteiger charge is 2.48. The molecule has 4 heteroatoms. The Morgan fingerprint density at radius 3 is 2.78 bits per heavy atom. The molecule has 18 heavy (non-hydrogen) atoms. The molecule has 1 amide bonds. The van der Waals surface area contributed by atoms with Crippen molar-refractivity contribution >= 4 is 11.6 Å². The smallest absolute Gasteiger partial charge is 0.238 e. The van der Waals surface area contributed by atoms with Crippen LogP contribution in [-0.4, -0.2) is 20.1 Å². The van der Waals surface area contributed by atoms with Crippen molar-refractivity contribution in [3.8, 4) is 11.8 Å². The second-order valence-corrected chi connectivity index (χ2v) is 4.52. The van der Waals surface area contributed by atoms with Crippen molar-refractivity contribution in [2.24, 2.45) is 0 Å². The van der Waals surface area contributed by atoms with E-state index in [1.807, 2.05) is 25.1 Å². The molecule has 0 N–H and O–H groups in total. The molecule has 0 fully saturated rings. The lowest BCUT2D eigenvalue weighted by molar-refractivity contribution is -0.122. The van der Waals surface area contributed by atoms with E-state index >= 15 is 0 Å². The largest absolute Gasteiger partial charge is 0.497 e. The predicted molar refractivity (Wildman–Crippen MR) is 68.6 cm³/mol. The molecule has 1 heterocycles. The zero-order valence-electron chi connectivity index (χ0n) is 10.9. The first-order valence-corrected chi connectivity index (χ1v) is 5.94. The fraction of sp³-hybridized carbons (Fsp3) is 0.429. The highest BCUT2D eigenvalue weighted by molar-refractivity contribution is 6.08. The van der Waals surface area contributed by atoms with Gasteiger partial charge >= 0.3 is 0 Å². The normalized spacial score (nSPS) is 21.7. The van der Waals surface area contributed by atoms with E-state index in [4.69, 9.17) is 10.00 Å². The average molecular weight is 244 g/mol. The molecule has 0 bridgehead atoms. The summed E-state index contributed by atoms with van der Waals surface area (Å²) >= 11 is 0. The van der Waals surface area contributed by atoms with Gasteiger partial charge in [-0.15, -0.1) is 0 Å². The lowest BCUT2D eigenvalue weighted by Gasteiger charge is -2.23. The first kappa shape index (κ1) is 12.4. The Bertz CT molecular complexity index is 533. The first-order valence-electron chi connectivity index (χ1n) is 5.94. The summed E-state index contributed by atoms with van der Waals surface area (Å²) in [6, 6.07) is 7.72. The van der Waals surface area contributed by atoms with Gasteiger partial charge in [0.15, 0.2) is 0 Å². The van der Waals surface area contributed by atoms with Gasteiger partial charge in [-0.05, 0) is 30.2 Å². The highest BCUT2D eigenvalue weighted by atomic mass is 16.5. The summed E-state index contributed by atoms with van der Waals surface area (Å²) in [6.45, 7) is 1.94. The quantitative estimate of drug-likeness (QED) is 0.819. The number of amides is 1. The van der Waals surface area contributed by atoms with Crippen LogP contribution in [0.3, 0.4) is 0 Å². The number of carbonyl (C=O) groups excluding carboxylic acids is 1. The molecule has 94 valence electrons. The van der Waals surface area contributed by atoms with Crippen molar-refractivity contribution in [3.05, 3.63) is 23.8 Å². The van der Waals surface area contributed by atoms with Gasteiger partial charge in [-0.1, -0.05) is 6.92 Å². The van der Waals surface area contributed by atoms with E-state index in [-0.39, 0.29) is 12.3 Å². The summed E-state index contributed by atoms with van der Waals surface area (Å²) in [4.78, 5) is 14.1. The van der Waals surface area contributed by atoms with Crippen LogP contribution >= 0.6 is 0 Å². The van der Waals surface area contributed by atoms with Crippen LogP contribution in [-0.2, 0) is 10.2 Å². The fourth-order valence-electron chi connectivity index (χ4n) is 2.64. The van der Waals surface area contributed by atoms with Crippen molar-refractivity contribution < 1.29 is 9.53 Å². The number of hydrogen-bond donors (Lipinski definition) is 0.